The van der Waals surface area contributed by atoms with Gasteiger partial charge in [0.05, 0.1) is 27.5 Å². The van der Waals surface area contributed by atoms with Gasteiger partial charge in [0, 0.05) is 11.9 Å². The van der Waals surface area contributed by atoms with E-state index in [-0.39, 0.29) is 10.0 Å². The Hall–Kier alpha value is -2.24. The minimum absolute atomic E-state index is 0.128. The molecule has 0 unspecified atom stereocenters. The van der Waals surface area contributed by atoms with Gasteiger partial charge in [0.15, 0.2) is 0 Å². The van der Waals surface area contributed by atoms with Crippen molar-refractivity contribution in [2.45, 2.75) is 23.4 Å². The maximum Gasteiger partial charge on any atom is 0.417 e. The third-order valence-corrected chi connectivity index (χ3v) is 4.57. The van der Waals surface area contributed by atoms with Gasteiger partial charge in [-0.3, -0.25) is 4.79 Å². The number of thioether (sulfide) groups is 1. The molecule has 1 amide bonds. The van der Waals surface area contributed by atoms with Crippen LogP contribution in [0.25, 0.3) is 0 Å². The van der Waals surface area contributed by atoms with Crippen LogP contribution in [0.1, 0.15) is 18.1 Å². The zero-order valence-corrected chi connectivity index (χ0v) is 14.3. The van der Waals surface area contributed by atoms with E-state index in [2.05, 4.69) is 10.3 Å². The summed E-state index contributed by atoms with van der Waals surface area (Å²) in [6, 6.07) is 9.09. The highest BCUT2D eigenvalue weighted by molar-refractivity contribution is 8.00. The van der Waals surface area contributed by atoms with E-state index in [0.29, 0.717) is 17.4 Å². The predicted molar refractivity (Wildman–Crippen MR) is 89.4 cm³/mol. The number of carbonyl (C=O) groups is 1. The summed E-state index contributed by atoms with van der Waals surface area (Å²) in [5, 5.41) is 10.8. The lowest BCUT2D eigenvalue weighted by molar-refractivity contribution is -0.137. The Morgan fingerprint density at radius 2 is 2.12 bits per heavy atom. The fourth-order valence-corrected chi connectivity index (χ4v) is 2.88. The van der Waals surface area contributed by atoms with Gasteiger partial charge in [-0.05, 0) is 31.2 Å². The van der Waals surface area contributed by atoms with Gasteiger partial charge in [-0.15, -0.1) is 0 Å². The summed E-state index contributed by atoms with van der Waals surface area (Å²) >= 11 is 6.77. The van der Waals surface area contributed by atoms with Crippen LogP contribution in [0.5, 0.6) is 0 Å². The number of rotatable bonds is 4. The zero-order valence-electron chi connectivity index (χ0n) is 12.8. The van der Waals surface area contributed by atoms with Gasteiger partial charge in [-0.2, -0.15) is 18.4 Å². The summed E-state index contributed by atoms with van der Waals surface area (Å²) in [6.07, 6.45) is -3.86. The second kappa shape index (κ2) is 7.76. The number of anilines is 1. The summed E-state index contributed by atoms with van der Waals surface area (Å²) in [5.74, 6) is -0.391. The molecule has 1 atom stereocenters. The van der Waals surface area contributed by atoms with Crippen LogP contribution in [0.4, 0.5) is 18.9 Å². The van der Waals surface area contributed by atoms with Crippen LogP contribution in [0.2, 0.25) is 5.02 Å². The van der Waals surface area contributed by atoms with Crippen LogP contribution in [-0.2, 0) is 11.0 Å². The molecule has 1 N–H and O–H groups in total. The number of halogens is 4. The minimum Gasteiger partial charge on any atom is -0.325 e. The number of hydrogen-bond donors (Lipinski definition) is 1. The maximum atomic E-state index is 12.6. The second-order valence-electron chi connectivity index (χ2n) is 4.95. The van der Waals surface area contributed by atoms with Crippen LogP contribution < -0.4 is 5.32 Å². The number of aromatic nitrogens is 1. The highest BCUT2D eigenvalue weighted by atomic mass is 35.5. The fourth-order valence-electron chi connectivity index (χ4n) is 1.80. The van der Waals surface area contributed by atoms with Gasteiger partial charge in [-0.25, -0.2) is 4.98 Å². The Kier molecular flexibility index (Phi) is 5.93. The van der Waals surface area contributed by atoms with Crippen molar-refractivity contribution in [3.63, 3.8) is 0 Å². The SMILES string of the molecule is C[C@@H](Sc1ncc(C(F)(F)F)cc1Cl)C(=O)Nc1cccc(C#N)c1. The van der Waals surface area contributed by atoms with Gasteiger partial charge in [0.1, 0.15) is 5.03 Å². The topological polar surface area (TPSA) is 65.8 Å². The van der Waals surface area contributed by atoms with Gasteiger partial charge in [0.25, 0.3) is 0 Å². The number of nitriles is 1. The van der Waals surface area contributed by atoms with E-state index in [0.717, 1.165) is 17.8 Å². The summed E-state index contributed by atoms with van der Waals surface area (Å²) in [6.45, 7) is 1.57. The molecule has 2 rings (SSSR count). The highest BCUT2D eigenvalue weighted by Gasteiger charge is 2.32. The standard InChI is InChI=1S/C16H11ClF3N3OS/c1-9(14(24)23-12-4-2-3-10(5-12)7-21)25-15-13(17)6-11(8-22-15)16(18,19)20/h2-6,8-9H,1H3,(H,23,24)/t9-/m1/s1. The number of pyridine rings is 1. The molecule has 2 aromatic rings. The average molecular weight is 386 g/mol. The van der Waals surface area contributed by atoms with Gasteiger partial charge in [0.2, 0.25) is 5.91 Å². The molecule has 0 saturated carbocycles. The molecule has 0 aliphatic rings. The number of nitrogens with one attached hydrogen (secondary N) is 1. The van der Waals surface area contributed by atoms with Gasteiger partial charge >= 0.3 is 6.18 Å². The molecule has 25 heavy (non-hydrogen) atoms. The summed E-state index contributed by atoms with van der Waals surface area (Å²) in [7, 11) is 0. The molecule has 0 fully saturated rings. The first kappa shape index (κ1) is 19.1. The van der Waals surface area contributed by atoms with Gasteiger partial charge in [-0.1, -0.05) is 29.4 Å². The quantitative estimate of drug-likeness (QED) is 0.771. The first-order valence-corrected chi connectivity index (χ1v) is 8.17. The molecule has 130 valence electrons. The molecule has 9 heteroatoms. The van der Waals surface area contributed by atoms with E-state index in [1.807, 2.05) is 6.07 Å². The predicted octanol–water partition coefficient (Wildman–Crippen LogP) is 4.74. The van der Waals surface area contributed by atoms with Crippen molar-refractivity contribution in [3.8, 4) is 6.07 Å². The fraction of sp³-hybridized carbons (Fsp3) is 0.188. The number of nitrogens with zero attached hydrogens (tertiary/aromatic N) is 2. The Balaban J connectivity index is 2.07. The maximum absolute atomic E-state index is 12.6. The largest absolute Gasteiger partial charge is 0.417 e. The number of alkyl halides is 3. The molecule has 0 bridgehead atoms. The lowest BCUT2D eigenvalue weighted by Crippen LogP contribution is -2.22. The Morgan fingerprint density at radius 1 is 1.40 bits per heavy atom. The van der Waals surface area contributed by atoms with Crippen LogP contribution in [0, 0.1) is 11.3 Å². The van der Waals surface area contributed by atoms with Crippen molar-refractivity contribution in [1.29, 1.82) is 5.26 Å². The summed E-state index contributed by atoms with van der Waals surface area (Å²) in [4.78, 5) is 15.9. The molecular formula is C16H11ClF3N3OS. The summed E-state index contributed by atoms with van der Waals surface area (Å²) in [5.41, 5.74) is -0.110. The third kappa shape index (κ3) is 5.11. The van der Waals surface area contributed by atoms with Gasteiger partial charge < -0.3 is 5.32 Å². The normalized spacial score (nSPS) is 12.3. The van der Waals surface area contributed by atoms with Crippen LogP contribution >= 0.6 is 23.4 Å². The zero-order chi connectivity index (χ0) is 18.6. The van der Waals surface area contributed by atoms with E-state index in [1.165, 1.54) is 6.07 Å². The third-order valence-electron chi connectivity index (χ3n) is 3.05. The van der Waals surface area contributed by atoms with Crippen molar-refractivity contribution in [3.05, 3.63) is 52.7 Å². The molecular weight excluding hydrogens is 375 g/mol. The van der Waals surface area contributed by atoms with E-state index in [1.54, 1.807) is 25.1 Å². The second-order valence-corrected chi connectivity index (χ2v) is 6.69. The van der Waals surface area contributed by atoms with Crippen LogP contribution in [0.15, 0.2) is 41.6 Å². The number of hydrogen-bond acceptors (Lipinski definition) is 4. The molecule has 0 spiro atoms. The van der Waals surface area contributed by atoms with Crippen LogP contribution in [0.3, 0.4) is 0 Å². The van der Waals surface area contributed by atoms with Crippen molar-refractivity contribution in [1.82, 2.24) is 4.98 Å². The van der Waals surface area contributed by atoms with E-state index in [9.17, 15) is 18.0 Å². The monoisotopic (exact) mass is 385 g/mol. The first-order chi connectivity index (χ1) is 11.7. The Labute approximate surface area is 151 Å². The van der Waals surface area contributed by atoms with Crippen LogP contribution in [-0.4, -0.2) is 16.1 Å². The van der Waals surface area contributed by atoms with Crippen molar-refractivity contribution >= 4 is 35.0 Å². The Morgan fingerprint density at radius 3 is 2.72 bits per heavy atom. The molecule has 1 aromatic carbocycles. The molecule has 0 saturated heterocycles. The molecule has 1 aromatic heterocycles. The average Bonchev–Trinajstić information content (AvgIpc) is 2.55. The number of benzene rings is 1. The molecule has 0 aliphatic carbocycles. The van der Waals surface area contributed by atoms with Crippen molar-refractivity contribution in [2.75, 3.05) is 5.32 Å². The Bertz CT molecular complexity index is 836. The summed E-state index contributed by atoms with van der Waals surface area (Å²) < 4.78 is 37.8. The number of carbonyl (C=O) groups excluding carboxylic acids is 1. The molecule has 1 heterocycles. The van der Waals surface area contributed by atoms with Crippen molar-refractivity contribution in [2.24, 2.45) is 0 Å². The van der Waals surface area contributed by atoms with E-state index < -0.39 is 22.9 Å². The molecule has 4 nitrogen and oxygen atoms in total. The van der Waals surface area contributed by atoms with Crippen molar-refractivity contribution < 1.29 is 18.0 Å². The first-order valence-electron chi connectivity index (χ1n) is 6.91. The molecule has 0 aliphatic heterocycles. The molecule has 0 radical (unpaired) electrons. The minimum atomic E-state index is -4.53. The highest BCUT2D eigenvalue weighted by Crippen LogP contribution is 2.35. The number of amides is 1. The lowest BCUT2D eigenvalue weighted by Gasteiger charge is -2.13. The smallest absolute Gasteiger partial charge is 0.325 e. The van der Waals surface area contributed by atoms with E-state index in [4.69, 9.17) is 16.9 Å². The lowest BCUT2D eigenvalue weighted by atomic mass is 10.2. The van der Waals surface area contributed by atoms with E-state index >= 15 is 0 Å².